The number of rotatable bonds is 6. The Morgan fingerprint density at radius 1 is 1.28 bits per heavy atom. The smallest absolute Gasteiger partial charge is 0.194 e. The average molecular weight is 509 g/mol. The van der Waals surface area contributed by atoms with E-state index in [9.17, 15) is 0 Å². The van der Waals surface area contributed by atoms with E-state index in [1.54, 1.807) is 0 Å². The van der Waals surface area contributed by atoms with Crippen LogP contribution in [0.2, 0.25) is 0 Å². The summed E-state index contributed by atoms with van der Waals surface area (Å²) in [7, 11) is 1.87. The molecule has 2 fully saturated rings. The van der Waals surface area contributed by atoms with Crippen LogP contribution in [0.15, 0.2) is 47.7 Å². The molecule has 0 amide bonds. The molecule has 4 rings (SSSR count). The monoisotopic (exact) mass is 509 g/mol. The second-order valence-corrected chi connectivity index (χ2v) is 8.00. The molecule has 3 heterocycles. The minimum atomic E-state index is 0. The zero-order valence-electron chi connectivity index (χ0n) is 17.2. The van der Waals surface area contributed by atoms with E-state index in [1.807, 2.05) is 13.2 Å². The number of imidazole rings is 1. The van der Waals surface area contributed by atoms with Gasteiger partial charge in [0.05, 0.1) is 13.2 Å². The highest BCUT2D eigenvalue weighted by Crippen LogP contribution is 2.38. The maximum absolute atomic E-state index is 5.65. The highest BCUT2D eigenvalue weighted by molar-refractivity contribution is 14.0. The van der Waals surface area contributed by atoms with Gasteiger partial charge < -0.3 is 19.5 Å². The first-order valence-electron chi connectivity index (χ1n) is 10.4. The van der Waals surface area contributed by atoms with Gasteiger partial charge in [0.25, 0.3) is 0 Å². The van der Waals surface area contributed by atoms with Gasteiger partial charge >= 0.3 is 0 Å². The molecule has 1 spiro atoms. The molecule has 2 aliphatic heterocycles. The summed E-state index contributed by atoms with van der Waals surface area (Å²) in [5, 5.41) is 3.52. The summed E-state index contributed by atoms with van der Waals surface area (Å²) in [4.78, 5) is 11.4. The Labute approximate surface area is 190 Å². The molecule has 1 atom stereocenters. The topological polar surface area (TPSA) is 54.7 Å². The normalized spacial score (nSPS) is 21.6. The molecule has 1 aromatic carbocycles. The summed E-state index contributed by atoms with van der Waals surface area (Å²) in [5.41, 5.74) is 1.73. The van der Waals surface area contributed by atoms with Gasteiger partial charge in [-0.15, -0.1) is 24.0 Å². The van der Waals surface area contributed by atoms with E-state index in [1.165, 1.54) is 18.4 Å². The third-order valence-corrected chi connectivity index (χ3v) is 6.05. The molecule has 29 heavy (non-hydrogen) atoms. The van der Waals surface area contributed by atoms with Gasteiger partial charge in [0.1, 0.15) is 5.82 Å². The van der Waals surface area contributed by atoms with Crippen molar-refractivity contribution in [2.75, 3.05) is 33.4 Å². The van der Waals surface area contributed by atoms with Crippen LogP contribution in [0, 0.1) is 5.41 Å². The van der Waals surface area contributed by atoms with Crippen molar-refractivity contribution in [1.29, 1.82) is 0 Å². The van der Waals surface area contributed by atoms with E-state index in [0.29, 0.717) is 12.0 Å². The van der Waals surface area contributed by atoms with Gasteiger partial charge in [-0.2, -0.15) is 0 Å². The summed E-state index contributed by atoms with van der Waals surface area (Å²) in [5.74, 6) is 2.04. The number of guanidine groups is 1. The van der Waals surface area contributed by atoms with Gasteiger partial charge in [0, 0.05) is 51.1 Å². The third-order valence-electron chi connectivity index (χ3n) is 6.05. The number of hydrogen-bond donors (Lipinski definition) is 1. The standard InChI is InChI=1S/C22H31N5O.HI/c1-23-21(27-13-9-22(17-27)10-15-28-18-22)25-16-20-24-11-14-26(20)12-5-8-19-6-3-2-4-7-19;/h2-4,6-7,11,14H,5,8-10,12-13,15-18H2,1H3,(H,23,25);1H. The lowest BCUT2D eigenvalue weighted by Crippen LogP contribution is -2.41. The number of nitrogens with zero attached hydrogens (tertiary/aromatic N) is 4. The number of nitrogens with one attached hydrogen (secondary N) is 1. The maximum Gasteiger partial charge on any atom is 0.194 e. The van der Waals surface area contributed by atoms with Crippen LogP contribution in [-0.4, -0.2) is 53.8 Å². The van der Waals surface area contributed by atoms with Gasteiger partial charge in [-0.3, -0.25) is 4.99 Å². The quantitative estimate of drug-likeness (QED) is 0.369. The molecular formula is C22H32IN5O. The fourth-order valence-electron chi connectivity index (χ4n) is 4.39. The van der Waals surface area contributed by atoms with Crippen molar-refractivity contribution in [3.63, 3.8) is 0 Å². The van der Waals surface area contributed by atoms with Gasteiger partial charge in [-0.1, -0.05) is 30.3 Å². The predicted molar refractivity (Wildman–Crippen MR) is 127 cm³/mol. The van der Waals surface area contributed by atoms with Crippen LogP contribution < -0.4 is 5.32 Å². The Kier molecular flexibility index (Phi) is 7.94. The number of likely N-dealkylation sites (tertiary alicyclic amines) is 1. The molecule has 0 aliphatic carbocycles. The molecule has 1 unspecified atom stereocenters. The minimum absolute atomic E-state index is 0. The summed E-state index contributed by atoms with van der Waals surface area (Å²) in [6, 6.07) is 10.7. The van der Waals surface area contributed by atoms with E-state index in [4.69, 9.17) is 4.74 Å². The van der Waals surface area contributed by atoms with Crippen LogP contribution in [0.25, 0.3) is 0 Å². The molecule has 2 aliphatic rings. The van der Waals surface area contributed by atoms with Gasteiger partial charge in [0.15, 0.2) is 5.96 Å². The first-order valence-corrected chi connectivity index (χ1v) is 10.4. The second kappa shape index (κ2) is 10.4. The molecule has 1 aromatic heterocycles. The number of halogens is 1. The van der Waals surface area contributed by atoms with Crippen LogP contribution in [0.5, 0.6) is 0 Å². The lowest BCUT2D eigenvalue weighted by molar-refractivity contribution is 0.156. The van der Waals surface area contributed by atoms with Crippen molar-refractivity contribution < 1.29 is 4.74 Å². The average Bonchev–Trinajstić information content (AvgIpc) is 3.47. The van der Waals surface area contributed by atoms with Gasteiger partial charge in [-0.05, 0) is 31.2 Å². The predicted octanol–water partition coefficient (Wildman–Crippen LogP) is 3.32. The zero-order chi connectivity index (χ0) is 19.2. The highest BCUT2D eigenvalue weighted by atomic mass is 127. The number of hydrogen-bond acceptors (Lipinski definition) is 3. The molecule has 1 N–H and O–H groups in total. The van der Waals surface area contributed by atoms with Crippen LogP contribution >= 0.6 is 24.0 Å². The summed E-state index contributed by atoms with van der Waals surface area (Å²) in [6.45, 7) is 5.57. The summed E-state index contributed by atoms with van der Waals surface area (Å²) in [6.07, 6.45) is 8.53. The summed E-state index contributed by atoms with van der Waals surface area (Å²) < 4.78 is 7.90. The minimum Gasteiger partial charge on any atom is -0.381 e. The van der Waals surface area contributed by atoms with Crippen molar-refractivity contribution in [3.8, 4) is 0 Å². The van der Waals surface area contributed by atoms with E-state index >= 15 is 0 Å². The lowest BCUT2D eigenvalue weighted by atomic mass is 9.87. The van der Waals surface area contributed by atoms with Crippen LogP contribution in [0.3, 0.4) is 0 Å². The first kappa shape index (κ1) is 22.1. The Hall–Kier alpha value is -1.61. The van der Waals surface area contributed by atoms with Crippen LogP contribution in [-0.2, 0) is 24.2 Å². The maximum atomic E-state index is 5.65. The fourth-order valence-corrected chi connectivity index (χ4v) is 4.39. The molecule has 7 heteroatoms. The molecule has 2 saturated heterocycles. The fraction of sp³-hybridized carbons (Fsp3) is 0.545. The van der Waals surface area contributed by atoms with Crippen molar-refractivity contribution in [3.05, 3.63) is 54.1 Å². The number of ether oxygens (including phenoxy) is 1. The number of aryl methyl sites for hydroxylation is 2. The Balaban J connectivity index is 0.00000240. The molecule has 2 aromatic rings. The SMILES string of the molecule is CN=C(NCc1nccn1CCCc1ccccc1)N1CCC2(CCOC2)C1.I. The van der Waals surface area contributed by atoms with Crippen molar-refractivity contribution in [1.82, 2.24) is 19.8 Å². The molecule has 0 saturated carbocycles. The zero-order valence-corrected chi connectivity index (χ0v) is 19.5. The van der Waals surface area contributed by atoms with E-state index in [-0.39, 0.29) is 24.0 Å². The number of benzene rings is 1. The van der Waals surface area contributed by atoms with E-state index in [2.05, 4.69) is 61.3 Å². The number of aliphatic imine (C=N–C) groups is 1. The van der Waals surface area contributed by atoms with Crippen molar-refractivity contribution in [2.24, 2.45) is 10.4 Å². The molecule has 6 nitrogen and oxygen atoms in total. The number of aromatic nitrogens is 2. The Morgan fingerprint density at radius 3 is 2.90 bits per heavy atom. The Morgan fingerprint density at radius 2 is 2.14 bits per heavy atom. The van der Waals surface area contributed by atoms with Crippen LogP contribution in [0.4, 0.5) is 0 Å². The third kappa shape index (κ3) is 5.51. The largest absolute Gasteiger partial charge is 0.381 e. The lowest BCUT2D eigenvalue weighted by Gasteiger charge is -2.25. The van der Waals surface area contributed by atoms with E-state index in [0.717, 1.165) is 57.5 Å². The van der Waals surface area contributed by atoms with Crippen molar-refractivity contribution >= 4 is 29.9 Å². The molecule has 0 radical (unpaired) electrons. The second-order valence-electron chi connectivity index (χ2n) is 8.00. The van der Waals surface area contributed by atoms with Crippen LogP contribution in [0.1, 0.15) is 30.7 Å². The first-order chi connectivity index (χ1) is 13.8. The highest BCUT2D eigenvalue weighted by Gasteiger charge is 2.42. The molecule has 158 valence electrons. The van der Waals surface area contributed by atoms with E-state index < -0.39 is 0 Å². The Bertz CT molecular complexity index is 786. The van der Waals surface area contributed by atoms with Gasteiger partial charge in [0.2, 0.25) is 0 Å². The van der Waals surface area contributed by atoms with Crippen molar-refractivity contribution in [2.45, 2.75) is 38.8 Å². The molecule has 0 bridgehead atoms. The molecular weight excluding hydrogens is 477 g/mol. The van der Waals surface area contributed by atoms with Gasteiger partial charge in [-0.25, -0.2) is 4.98 Å². The summed E-state index contributed by atoms with van der Waals surface area (Å²) >= 11 is 0.